The zero-order chi connectivity index (χ0) is 25.2. The molecule has 0 spiro atoms. The fraction of sp³-hybridized carbons (Fsp3) is 0.357. The van der Waals surface area contributed by atoms with E-state index in [2.05, 4.69) is 23.5 Å². The van der Waals surface area contributed by atoms with E-state index in [9.17, 15) is 26.3 Å². The van der Waals surface area contributed by atoms with E-state index in [1.54, 1.807) is 0 Å². The Morgan fingerprint density at radius 2 is 1.57 bits per heavy atom. The Morgan fingerprint density at radius 1 is 0.886 bits per heavy atom. The van der Waals surface area contributed by atoms with Gasteiger partial charge in [-0.05, 0) is 78.8 Å². The number of alkyl halides is 3. The van der Waals surface area contributed by atoms with E-state index in [-0.39, 0.29) is 22.3 Å². The van der Waals surface area contributed by atoms with Crippen molar-refractivity contribution in [2.75, 3.05) is 0 Å². The first-order valence-corrected chi connectivity index (χ1v) is 11.6. The van der Waals surface area contributed by atoms with Gasteiger partial charge >= 0.3 is 6.36 Å². The van der Waals surface area contributed by atoms with E-state index in [1.165, 1.54) is 42.8 Å². The lowest BCUT2D eigenvalue weighted by Crippen LogP contribution is -2.17. The van der Waals surface area contributed by atoms with Crippen molar-refractivity contribution in [3.05, 3.63) is 76.6 Å². The molecule has 184 valence electrons. The van der Waals surface area contributed by atoms with Crippen LogP contribution in [0.3, 0.4) is 0 Å². The van der Waals surface area contributed by atoms with Gasteiger partial charge in [-0.2, -0.15) is 0 Å². The number of halogens is 6. The van der Waals surface area contributed by atoms with E-state index >= 15 is 0 Å². The quantitative estimate of drug-likeness (QED) is 0.263. The summed E-state index contributed by atoms with van der Waals surface area (Å²) in [5.74, 6) is 2.43. The first-order chi connectivity index (χ1) is 16.6. The van der Waals surface area contributed by atoms with Crippen LogP contribution in [-0.2, 0) is 0 Å². The van der Waals surface area contributed by atoms with Gasteiger partial charge in [-0.1, -0.05) is 43.7 Å². The molecule has 0 bridgehead atoms. The summed E-state index contributed by atoms with van der Waals surface area (Å²) in [7, 11) is 0. The number of ether oxygens (including phenoxy) is 1. The van der Waals surface area contributed by atoms with Gasteiger partial charge in [0.05, 0.1) is 5.56 Å². The second-order valence-corrected chi connectivity index (χ2v) is 8.98. The van der Waals surface area contributed by atoms with Crippen molar-refractivity contribution in [2.45, 2.75) is 57.7 Å². The van der Waals surface area contributed by atoms with Crippen LogP contribution < -0.4 is 4.74 Å². The predicted octanol–water partition coefficient (Wildman–Crippen LogP) is 8.63. The van der Waals surface area contributed by atoms with Crippen molar-refractivity contribution >= 4 is 10.8 Å². The molecule has 0 N–H and O–H groups in total. The van der Waals surface area contributed by atoms with E-state index in [0.29, 0.717) is 17.0 Å². The topological polar surface area (TPSA) is 9.23 Å². The average molecular weight is 490 g/mol. The summed E-state index contributed by atoms with van der Waals surface area (Å²) >= 11 is 0. The Kier molecular flexibility index (Phi) is 7.30. The Hall–Kier alpha value is -3.14. The zero-order valence-electron chi connectivity index (χ0n) is 19.1. The van der Waals surface area contributed by atoms with Crippen molar-refractivity contribution in [2.24, 2.45) is 5.92 Å². The molecule has 1 fully saturated rings. The van der Waals surface area contributed by atoms with Crippen molar-refractivity contribution < 1.29 is 31.1 Å². The average Bonchev–Trinajstić information content (AvgIpc) is 2.80. The Bertz CT molecular complexity index is 1250. The largest absolute Gasteiger partial charge is 0.573 e. The number of rotatable bonds is 4. The van der Waals surface area contributed by atoms with Gasteiger partial charge in [-0.15, -0.1) is 13.2 Å². The highest BCUT2D eigenvalue weighted by molar-refractivity contribution is 5.86. The van der Waals surface area contributed by atoms with E-state index in [1.807, 2.05) is 0 Å². The van der Waals surface area contributed by atoms with Gasteiger partial charge in [-0.25, -0.2) is 13.2 Å². The Balaban J connectivity index is 1.54. The van der Waals surface area contributed by atoms with Gasteiger partial charge in [0, 0.05) is 10.9 Å². The summed E-state index contributed by atoms with van der Waals surface area (Å²) < 4.78 is 84.8. The second-order valence-electron chi connectivity index (χ2n) is 8.98. The highest BCUT2D eigenvalue weighted by Crippen LogP contribution is 2.38. The fourth-order valence-corrected chi connectivity index (χ4v) is 4.83. The van der Waals surface area contributed by atoms with Crippen LogP contribution in [-0.4, -0.2) is 6.36 Å². The summed E-state index contributed by atoms with van der Waals surface area (Å²) in [6.45, 7) is 2.16. The summed E-state index contributed by atoms with van der Waals surface area (Å²) in [6.07, 6.45) is 1.28. The van der Waals surface area contributed by atoms with Crippen LogP contribution in [0, 0.1) is 35.2 Å². The molecule has 0 radical (unpaired) electrons. The molecule has 0 heterocycles. The van der Waals surface area contributed by atoms with Gasteiger partial charge < -0.3 is 4.74 Å². The third-order valence-electron chi connectivity index (χ3n) is 6.56. The summed E-state index contributed by atoms with van der Waals surface area (Å²) in [6, 6.07) is 8.90. The zero-order valence-corrected chi connectivity index (χ0v) is 19.1. The van der Waals surface area contributed by atoms with Crippen LogP contribution in [0.5, 0.6) is 5.75 Å². The highest BCUT2D eigenvalue weighted by Gasteiger charge is 2.32. The van der Waals surface area contributed by atoms with Crippen molar-refractivity contribution in [3.63, 3.8) is 0 Å². The molecule has 35 heavy (non-hydrogen) atoms. The molecule has 0 atom stereocenters. The molecule has 1 aliphatic carbocycles. The lowest BCUT2D eigenvalue weighted by atomic mass is 9.77. The molecule has 0 aliphatic heterocycles. The maximum atomic E-state index is 14.8. The van der Waals surface area contributed by atoms with Crippen LogP contribution in [0.2, 0.25) is 0 Å². The Labute approximate surface area is 200 Å². The maximum Gasteiger partial charge on any atom is 0.573 e. The number of fused-ring (bicyclic) bond motifs is 1. The number of hydrogen-bond acceptors (Lipinski definition) is 1. The standard InChI is InChI=1S/C28H24F6O/c1-2-3-17-4-8-19(9-5-17)21-15-24(29)23(25(30)16-21)12-7-18-6-11-22-20(14-18)10-13-26(27(22)31)35-28(32,33)34/h6,10-11,13-17,19H,2-5,8-9H2,1H3. The molecular weight excluding hydrogens is 466 g/mol. The van der Waals surface area contributed by atoms with Crippen LogP contribution in [0.1, 0.15) is 68.1 Å². The van der Waals surface area contributed by atoms with E-state index in [0.717, 1.165) is 38.2 Å². The minimum atomic E-state index is -5.02. The highest BCUT2D eigenvalue weighted by atomic mass is 19.4. The van der Waals surface area contributed by atoms with E-state index in [4.69, 9.17) is 0 Å². The predicted molar refractivity (Wildman–Crippen MR) is 123 cm³/mol. The molecule has 1 nitrogen and oxygen atoms in total. The van der Waals surface area contributed by atoms with Gasteiger partial charge in [0.2, 0.25) is 0 Å². The smallest absolute Gasteiger partial charge is 0.403 e. The Morgan fingerprint density at radius 3 is 2.20 bits per heavy atom. The summed E-state index contributed by atoms with van der Waals surface area (Å²) in [4.78, 5) is 0. The molecule has 3 aromatic rings. The number of hydrogen-bond donors (Lipinski definition) is 0. The molecular formula is C28H24F6O. The third-order valence-corrected chi connectivity index (χ3v) is 6.56. The van der Waals surface area contributed by atoms with Crippen molar-refractivity contribution in [1.82, 2.24) is 0 Å². The SMILES string of the molecule is CCCC1CCC(c2cc(F)c(C#Cc3ccc4c(F)c(OC(F)(F)F)ccc4c3)c(F)c2)CC1. The molecule has 7 heteroatoms. The van der Waals surface area contributed by atoms with Crippen LogP contribution in [0.4, 0.5) is 26.3 Å². The molecule has 0 aromatic heterocycles. The molecule has 1 aliphatic rings. The molecule has 0 saturated heterocycles. The lowest BCUT2D eigenvalue weighted by molar-refractivity contribution is -0.275. The van der Waals surface area contributed by atoms with Gasteiger partial charge in [0.15, 0.2) is 11.6 Å². The first-order valence-electron chi connectivity index (χ1n) is 11.6. The minimum Gasteiger partial charge on any atom is -0.403 e. The third kappa shape index (κ3) is 5.93. The van der Waals surface area contributed by atoms with Gasteiger partial charge in [0.25, 0.3) is 0 Å². The van der Waals surface area contributed by atoms with Gasteiger partial charge in [-0.3, -0.25) is 0 Å². The van der Waals surface area contributed by atoms with Crippen molar-refractivity contribution in [3.8, 4) is 17.6 Å². The first kappa shape index (κ1) is 25.0. The minimum absolute atomic E-state index is 0.0901. The van der Waals surface area contributed by atoms with Crippen LogP contribution in [0.25, 0.3) is 10.8 Å². The monoisotopic (exact) mass is 490 g/mol. The lowest BCUT2D eigenvalue weighted by Gasteiger charge is -2.28. The normalized spacial score (nSPS) is 18.3. The van der Waals surface area contributed by atoms with Crippen molar-refractivity contribution in [1.29, 1.82) is 0 Å². The summed E-state index contributed by atoms with van der Waals surface area (Å²) in [5.41, 5.74) is 0.630. The fourth-order valence-electron chi connectivity index (χ4n) is 4.83. The van der Waals surface area contributed by atoms with Crippen LogP contribution in [0.15, 0.2) is 42.5 Å². The number of benzene rings is 3. The van der Waals surface area contributed by atoms with Crippen LogP contribution >= 0.6 is 0 Å². The molecule has 0 unspecified atom stereocenters. The molecule has 3 aromatic carbocycles. The van der Waals surface area contributed by atoms with Gasteiger partial charge in [0.1, 0.15) is 11.6 Å². The molecule has 0 amide bonds. The molecule has 1 saturated carbocycles. The second kappa shape index (κ2) is 10.2. The maximum absolute atomic E-state index is 14.8. The van der Waals surface area contributed by atoms with E-state index < -0.39 is 29.6 Å². The molecule has 4 rings (SSSR count). The summed E-state index contributed by atoms with van der Waals surface area (Å²) in [5, 5.41) is 0.187.